The van der Waals surface area contributed by atoms with E-state index in [2.05, 4.69) is 77.8 Å². The molecule has 1 aromatic carbocycles. The molecule has 0 bridgehead atoms. The summed E-state index contributed by atoms with van der Waals surface area (Å²) >= 11 is 3.48. The highest BCUT2D eigenvalue weighted by Gasteiger charge is 2.23. The lowest BCUT2D eigenvalue weighted by Gasteiger charge is -2.20. The number of anilines is 1. The minimum atomic E-state index is 0. The molecule has 1 aliphatic rings. The molecule has 0 spiro atoms. The molecule has 26 heavy (non-hydrogen) atoms. The summed E-state index contributed by atoms with van der Waals surface area (Å²) in [6, 6.07) is 8.79. The summed E-state index contributed by atoms with van der Waals surface area (Å²) in [5, 5.41) is 10.6. The molecule has 0 amide bonds. The van der Waals surface area contributed by atoms with Crippen LogP contribution in [-0.2, 0) is 6.54 Å². The number of aryl methyl sites for hydroxylation is 1. The van der Waals surface area contributed by atoms with E-state index in [9.17, 15) is 0 Å². The SMILES string of the molecule is CCNC(=NCc1nc(C)no1)NC1CCN(c2ccc(Br)cc2)C1.I. The zero-order chi connectivity index (χ0) is 17.6. The summed E-state index contributed by atoms with van der Waals surface area (Å²) < 4.78 is 6.21. The van der Waals surface area contributed by atoms with Gasteiger partial charge in [0, 0.05) is 35.8 Å². The second kappa shape index (κ2) is 10.1. The van der Waals surface area contributed by atoms with Gasteiger partial charge in [0.15, 0.2) is 11.8 Å². The number of halogens is 2. The Morgan fingerprint density at radius 1 is 1.38 bits per heavy atom. The fourth-order valence-electron chi connectivity index (χ4n) is 2.83. The first kappa shape index (κ1) is 20.9. The van der Waals surface area contributed by atoms with Gasteiger partial charge in [0.05, 0.1) is 0 Å². The number of nitrogens with one attached hydrogen (secondary N) is 2. The Morgan fingerprint density at radius 2 is 2.15 bits per heavy atom. The third kappa shape index (κ3) is 5.83. The molecule has 1 fully saturated rings. The molecule has 7 nitrogen and oxygen atoms in total. The van der Waals surface area contributed by atoms with Crippen LogP contribution in [0.1, 0.15) is 25.1 Å². The van der Waals surface area contributed by atoms with Gasteiger partial charge in [0.2, 0.25) is 5.89 Å². The van der Waals surface area contributed by atoms with Crippen LogP contribution < -0.4 is 15.5 Å². The fraction of sp³-hybridized carbons (Fsp3) is 0.471. The van der Waals surface area contributed by atoms with Crippen molar-refractivity contribution in [3.63, 3.8) is 0 Å². The summed E-state index contributed by atoms with van der Waals surface area (Å²) in [5.74, 6) is 1.93. The summed E-state index contributed by atoms with van der Waals surface area (Å²) in [6.07, 6.45) is 1.07. The molecule has 2 N–H and O–H groups in total. The van der Waals surface area contributed by atoms with E-state index in [0.29, 0.717) is 24.3 Å². The second-order valence-electron chi connectivity index (χ2n) is 5.98. The average Bonchev–Trinajstić information content (AvgIpc) is 3.23. The van der Waals surface area contributed by atoms with Gasteiger partial charge >= 0.3 is 0 Å². The first-order valence-corrected chi connectivity index (χ1v) is 9.28. The molecule has 9 heteroatoms. The molecule has 1 aliphatic heterocycles. The number of guanidine groups is 1. The number of hydrogen-bond donors (Lipinski definition) is 2. The summed E-state index contributed by atoms with van der Waals surface area (Å²) in [6.45, 7) is 7.01. The van der Waals surface area contributed by atoms with Crippen LogP contribution >= 0.6 is 39.9 Å². The van der Waals surface area contributed by atoms with E-state index in [0.717, 1.165) is 36.5 Å². The Kier molecular flexibility index (Phi) is 8.14. The van der Waals surface area contributed by atoms with Crippen molar-refractivity contribution in [2.45, 2.75) is 32.9 Å². The molecule has 3 rings (SSSR count). The Hall–Kier alpha value is -1.36. The third-order valence-electron chi connectivity index (χ3n) is 4.01. The highest BCUT2D eigenvalue weighted by Crippen LogP contribution is 2.22. The fourth-order valence-corrected chi connectivity index (χ4v) is 3.09. The van der Waals surface area contributed by atoms with Gasteiger partial charge in [-0.05, 0) is 44.5 Å². The van der Waals surface area contributed by atoms with Gasteiger partial charge in [0.25, 0.3) is 0 Å². The van der Waals surface area contributed by atoms with Crippen LogP contribution in [0.2, 0.25) is 0 Å². The minimum absolute atomic E-state index is 0. The highest BCUT2D eigenvalue weighted by molar-refractivity contribution is 14.0. The molecule has 0 aliphatic carbocycles. The Bertz CT molecular complexity index is 720. The van der Waals surface area contributed by atoms with Gasteiger partial charge in [-0.3, -0.25) is 0 Å². The monoisotopic (exact) mass is 534 g/mol. The summed E-state index contributed by atoms with van der Waals surface area (Å²) in [7, 11) is 0. The summed E-state index contributed by atoms with van der Waals surface area (Å²) in [4.78, 5) is 11.1. The van der Waals surface area contributed by atoms with E-state index < -0.39 is 0 Å². The standard InChI is InChI=1S/C17H23BrN6O.HI/c1-3-19-17(20-10-16-21-12(2)23-25-16)22-14-8-9-24(11-14)15-6-4-13(18)5-7-15;/h4-7,14H,3,8-11H2,1-2H3,(H2,19,20,22);1H. The van der Waals surface area contributed by atoms with Crippen LogP contribution in [0, 0.1) is 6.92 Å². The maximum absolute atomic E-state index is 5.11. The van der Waals surface area contributed by atoms with Crippen molar-refractivity contribution in [1.82, 2.24) is 20.8 Å². The van der Waals surface area contributed by atoms with Crippen molar-refractivity contribution in [2.75, 3.05) is 24.5 Å². The third-order valence-corrected chi connectivity index (χ3v) is 4.54. The first-order chi connectivity index (χ1) is 12.1. The van der Waals surface area contributed by atoms with Crippen molar-refractivity contribution in [1.29, 1.82) is 0 Å². The molecule has 1 aromatic heterocycles. The van der Waals surface area contributed by atoms with Gasteiger partial charge in [-0.15, -0.1) is 24.0 Å². The molecule has 1 unspecified atom stereocenters. The van der Waals surface area contributed by atoms with E-state index >= 15 is 0 Å². The van der Waals surface area contributed by atoms with Gasteiger partial charge in [-0.25, -0.2) is 4.99 Å². The largest absolute Gasteiger partial charge is 0.369 e. The van der Waals surface area contributed by atoms with Crippen LogP contribution in [0.15, 0.2) is 38.3 Å². The number of benzene rings is 1. The van der Waals surface area contributed by atoms with Crippen LogP contribution in [0.3, 0.4) is 0 Å². The number of aromatic nitrogens is 2. The molecular formula is C17H24BrIN6O. The van der Waals surface area contributed by atoms with Gasteiger partial charge in [0.1, 0.15) is 6.54 Å². The normalized spacial score (nSPS) is 17.1. The molecule has 2 heterocycles. The Morgan fingerprint density at radius 3 is 2.81 bits per heavy atom. The van der Waals surface area contributed by atoms with Crippen molar-refractivity contribution >= 4 is 51.6 Å². The Labute approximate surface area is 179 Å². The maximum atomic E-state index is 5.11. The lowest BCUT2D eigenvalue weighted by atomic mass is 10.3. The van der Waals surface area contributed by atoms with E-state index in [1.165, 1.54) is 5.69 Å². The molecule has 1 saturated heterocycles. The zero-order valence-corrected chi connectivity index (χ0v) is 18.8. The number of hydrogen-bond acceptors (Lipinski definition) is 5. The van der Waals surface area contributed by atoms with Crippen molar-refractivity contribution in [2.24, 2.45) is 4.99 Å². The van der Waals surface area contributed by atoms with Gasteiger partial charge < -0.3 is 20.1 Å². The first-order valence-electron chi connectivity index (χ1n) is 8.48. The van der Waals surface area contributed by atoms with Crippen LogP contribution in [0.4, 0.5) is 5.69 Å². The number of rotatable bonds is 5. The summed E-state index contributed by atoms with van der Waals surface area (Å²) in [5.41, 5.74) is 1.25. The topological polar surface area (TPSA) is 78.6 Å². The Balaban J connectivity index is 0.00000243. The van der Waals surface area contributed by atoms with Crippen molar-refractivity contribution in [3.8, 4) is 0 Å². The van der Waals surface area contributed by atoms with Gasteiger partial charge in [-0.2, -0.15) is 4.98 Å². The van der Waals surface area contributed by atoms with Gasteiger partial charge in [-0.1, -0.05) is 21.1 Å². The molecular weight excluding hydrogens is 511 g/mol. The minimum Gasteiger partial charge on any atom is -0.369 e. The predicted octanol–water partition coefficient (Wildman–Crippen LogP) is 3.09. The molecule has 0 saturated carbocycles. The van der Waals surface area contributed by atoms with Crippen LogP contribution in [0.25, 0.3) is 0 Å². The van der Waals surface area contributed by atoms with E-state index in [4.69, 9.17) is 4.52 Å². The zero-order valence-electron chi connectivity index (χ0n) is 14.9. The molecule has 0 radical (unpaired) electrons. The molecule has 1 atom stereocenters. The van der Waals surface area contributed by atoms with Crippen molar-refractivity contribution < 1.29 is 4.52 Å². The average molecular weight is 535 g/mol. The van der Waals surface area contributed by atoms with E-state index in [-0.39, 0.29) is 24.0 Å². The van der Waals surface area contributed by atoms with E-state index in [1.807, 2.05) is 0 Å². The van der Waals surface area contributed by atoms with E-state index in [1.54, 1.807) is 6.92 Å². The highest BCUT2D eigenvalue weighted by atomic mass is 127. The van der Waals surface area contributed by atoms with Crippen LogP contribution in [-0.4, -0.2) is 41.8 Å². The lowest BCUT2D eigenvalue weighted by Crippen LogP contribution is -2.44. The smallest absolute Gasteiger partial charge is 0.248 e. The quantitative estimate of drug-likeness (QED) is 0.349. The predicted molar refractivity (Wildman–Crippen MR) is 117 cm³/mol. The lowest BCUT2D eigenvalue weighted by molar-refractivity contribution is 0.376. The number of nitrogens with zero attached hydrogens (tertiary/aromatic N) is 4. The molecule has 142 valence electrons. The molecule has 2 aromatic rings. The van der Waals surface area contributed by atoms with Crippen molar-refractivity contribution in [3.05, 3.63) is 40.5 Å². The number of aliphatic imine (C=N–C) groups is 1. The van der Waals surface area contributed by atoms with Crippen LogP contribution in [0.5, 0.6) is 0 Å². The maximum Gasteiger partial charge on any atom is 0.248 e. The second-order valence-corrected chi connectivity index (χ2v) is 6.90.